The van der Waals surface area contributed by atoms with E-state index in [9.17, 15) is 9.59 Å². The minimum Gasteiger partial charge on any atom is -0.298 e. The van der Waals surface area contributed by atoms with Gasteiger partial charge < -0.3 is 0 Å². The highest BCUT2D eigenvalue weighted by molar-refractivity contribution is 6.14. The van der Waals surface area contributed by atoms with Crippen LogP contribution in [0.1, 0.15) is 34.6 Å². The maximum absolute atomic E-state index is 11.6. The standard InChI is InChI=1S/C10H16O2/c1-6-7(11)9(2,3)10(4,5)8(6)12/h6H,1-5H3. The molecule has 0 unspecified atom stereocenters. The topological polar surface area (TPSA) is 34.1 Å². The number of carbonyl (C=O) groups excluding carboxylic acids is 2. The summed E-state index contributed by atoms with van der Waals surface area (Å²) in [5, 5.41) is 0. The van der Waals surface area contributed by atoms with Crippen LogP contribution in [0.4, 0.5) is 0 Å². The molecule has 0 spiro atoms. The molecule has 68 valence electrons. The van der Waals surface area contributed by atoms with Crippen LogP contribution in [0.25, 0.3) is 0 Å². The van der Waals surface area contributed by atoms with Gasteiger partial charge in [0.1, 0.15) is 11.6 Å². The minimum atomic E-state index is -0.497. The molecule has 12 heavy (non-hydrogen) atoms. The summed E-state index contributed by atoms with van der Waals surface area (Å²) in [7, 11) is 0. The molecule has 1 fully saturated rings. The van der Waals surface area contributed by atoms with E-state index in [2.05, 4.69) is 0 Å². The van der Waals surface area contributed by atoms with Crippen molar-refractivity contribution in [3.8, 4) is 0 Å². The van der Waals surface area contributed by atoms with Gasteiger partial charge in [-0.05, 0) is 6.92 Å². The maximum atomic E-state index is 11.6. The summed E-state index contributed by atoms with van der Waals surface area (Å²) < 4.78 is 0. The molecule has 0 saturated heterocycles. The minimum absolute atomic E-state index is 0.0810. The normalized spacial score (nSPS) is 28.1. The molecular weight excluding hydrogens is 152 g/mol. The molecule has 2 heteroatoms. The fourth-order valence-electron chi connectivity index (χ4n) is 1.82. The van der Waals surface area contributed by atoms with Crippen LogP contribution in [0.3, 0.4) is 0 Å². The Labute approximate surface area is 73.3 Å². The second-order valence-corrected chi connectivity index (χ2v) is 4.70. The fraction of sp³-hybridized carbons (Fsp3) is 0.800. The van der Waals surface area contributed by atoms with Crippen LogP contribution in [0.15, 0.2) is 0 Å². The second kappa shape index (κ2) is 2.18. The van der Waals surface area contributed by atoms with Gasteiger partial charge in [-0.3, -0.25) is 9.59 Å². The lowest BCUT2D eigenvalue weighted by atomic mass is 9.70. The molecule has 1 aliphatic carbocycles. The SMILES string of the molecule is CC1C(=O)C(C)(C)C(C)(C)C1=O. The van der Waals surface area contributed by atoms with E-state index in [0.29, 0.717) is 0 Å². The molecule has 1 aliphatic rings. The zero-order valence-corrected chi connectivity index (χ0v) is 8.39. The summed E-state index contributed by atoms with van der Waals surface area (Å²) in [6.07, 6.45) is 0. The summed E-state index contributed by atoms with van der Waals surface area (Å²) >= 11 is 0. The lowest BCUT2D eigenvalue weighted by Gasteiger charge is -2.30. The van der Waals surface area contributed by atoms with Crippen LogP contribution in [0, 0.1) is 16.7 Å². The van der Waals surface area contributed by atoms with E-state index in [1.807, 2.05) is 27.7 Å². The van der Waals surface area contributed by atoms with Gasteiger partial charge in [0.2, 0.25) is 0 Å². The summed E-state index contributed by atoms with van der Waals surface area (Å²) in [5.41, 5.74) is -0.993. The van der Waals surface area contributed by atoms with Gasteiger partial charge in [0.05, 0.1) is 5.92 Å². The van der Waals surface area contributed by atoms with Gasteiger partial charge in [0.25, 0.3) is 0 Å². The quantitative estimate of drug-likeness (QED) is 0.517. The molecule has 0 atom stereocenters. The molecule has 0 aliphatic heterocycles. The average molecular weight is 168 g/mol. The molecule has 0 aromatic heterocycles. The van der Waals surface area contributed by atoms with Crippen molar-refractivity contribution in [3.63, 3.8) is 0 Å². The molecule has 0 aromatic rings. The Kier molecular flexibility index (Phi) is 1.71. The van der Waals surface area contributed by atoms with E-state index < -0.39 is 16.7 Å². The van der Waals surface area contributed by atoms with Gasteiger partial charge in [0, 0.05) is 10.8 Å². The van der Waals surface area contributed by atoms with E-state index in [1.54, 1.807) is 6.92 Å². The Bertz CT molecular complexity index is 223. The first kappa shape index (κ1) is 9.43. The van der Waals surface area contributed by atoms with Crippen molar-refractivity contribution in [2.75, 3.05) is 0 Å². The van der Waals surface area contributed by atoms with Gasteiger partial charge in [-0.15, -0.1) is 0 Å². The third kappa shape index (κ3) is 0.809. The maximum Gasteiger partial charge on any atom is 0.149 e. The van der Waals surface area contributed by atoms with Crippen LogP contribution >= 0.6 is 0 Å². The zero-order chi connectivity index (χ0) is 9.73. The van der Waals surface area contributed by atoms with Crippen molar-refractivity contribution >= 4 is 11.6 Å². The van der Waals surface area contributed by atoms with E-state index in [1.165, 1.54) is 0 Å². The van der Waals surface area contributed by atoms with Crippen molar-refractivity contribution in [2.24, 2.45) is 16.7 Å². The third-order valence-electron chi connectivity index (χ3n) is 3.58. The van der Waals surface area contributed by atoms with Crippen LogP contribution < -0.4 is 0 Å². The molecular formula is C10H16O2. The van der Waals surface area contributed by atoms with Gasteiger partial charge >= 0.3 is 0 Å². The van der Waals surface area contributed by atoms with Crippen LogP contribution in [0.2, 0.25) is 0 Å². The van der Waals surface area contributed by atoms with Gasteiger partial charge in [0.15, 0.2) is 0 Å². The number of Topliss-reactive ketones (excluding diaryl/α,β-unsaturated/α-hetero) is 2. The van der Waals surface area contributed by atoms with E-state index in [4.69, 9.17) is 0 Å². The van der Waals surface area contributed by atoms with E-state index in [-0.39, 0.29) is 11.6 Å². The predicted octanol–water partition coefficient (Wildman–Crippen LogP) is 1.83. The first-order chi connectivity index (χ1) is 5.23. The average Bonchev–Trinajstić information content (AvgIpc) is 2.05. The lowest BCUT2D eigenvalue weighted by molar-refractivity contribution is -0.129. The van der Waals surface area contributed by atoms with Gasteiger partial charge in [-0.25, -0.2) is 0 Å². The first-order valence-corrected chi connectivity index (χ1v) is 4.31. The number of hydrogen-bond donors (Lipinski definition) is 0. The smallest absolute Gasteiger partial charge is 0.149 e. The molecule has 1 rings (SSSR count). The highest BCUT2D eigenvalue weighted by atomic mass is 16.2. The molecule has 0 N–H and O–H groups in total. The van der Waals surface area contributed by atoms with Crippen LogP contribution in [-0.4, -0.2) is 11.6 Å². The predicted molar refractivity (Wildman–Crippen MR) is 46.7 cm³/mol. The number of hydrogen-bond acceptors (Lipinski definition) is 2. The molecule has 0 heterocycles. The second-order valence-electron chi connectivity index (χ2n) is 4.70. The number of rotatable bonds is 0. The third-order valence-corrected chi connectivity index (χ3v) is 3.58. The Morgan fingerprint density at radius 3 is 1.25 bits per heavy atom. The van der Waals surface area contributed by atoms with Crippen LogP contribution in [0.5, 0.6) is 0 Å². The number of carbonyl (C=O) groups is 2. The summed E-state index contributed by atoms with van der Waals surface area (Å²) in [6.45, 7) is 9.14. The van der Waals surface area contributed by atoms with Gasteiger partial charge in [-0.2, -0.15) is 0 Å². The Morgan fingerprint density at radius 1 is 0.917 bits per heavy atom. The summed E-state index contributed by atoms with van der Waals surface area (Å²) in [6, 6.07) is 0. The summed E-state index contributed by atoms with van der Waals surface area (Å²) in [5.74, 6) is -0.245. The van der Waals surface area contributed by atoms with Gasteiger partial charge in [-0.1, -0.05) is 27.7 Å². The van der Waals surface area contributed by atoms with E-state index >= 15 is 0 Å². The van der Waals surface area contributed by atoms with Crippen LogP contribution in [-0.2, 0) is 9.59 Å². The van der Waals surface area contributed by atoms with E-state index in [0.717, 1.165) is 0 Å². The monoisotopic (exact) mass is 168 g/mol. The Morgan fingerprint density at radius 2 is 1.17 bits per heavy atom. The van der Waals surface area contributed by atoms with Crippen molar-refractivity contribution < 1.29 is 9.59 Å². The largest absolute Gasteiger partial charge is 0.298 e. The van der Waals surface area contributed by atoms with Crippen molar-refractivity contribution in [1.29, 1.82) is 0 Å². The van der Waals surface area contributed by atoms with Crippen molar-refractivity contribution in [3.05, 3.63) is 0 Å². The Balaban J connectivity index is 3.24. The molecule has 0 aromatic carbocycles. The van der Waals surface area contributed by atoms with Crippen molar-refractivity contribution in [1.82, 2.24) is 0 Å². The Hall–Kier alpha value is -0.660. The first-order valence-electron chi connectivity index (χ1n) is 4.31. The highest BCUT2D eigenvalue weighted by Crippen LogP contribution is 2.49. The molecule has 1 saturated carbocycles. The van der Waals surface area contributed by atoms with Crippen molar-refractivity contribution in [2.45, 2.75) is 34.6 Å². The lowest BCUT2D eigenvalue weighted by Crippen LogP contribution is -2.35. The highest BCUT2D eigenvalue weighted by Gasteiger charge is 2.57. The fourth-order valence-corrected chi connectivity index (χ4v) is 1.82. The zero-order valence-electron chi connectivity index (χ0n) is 8.39. The molecule has 0 amide bonds. The molecule has 0 radical (unpaired) electrons. The molecule has 0 bridgehead atoms. The molecule has 2 nitrogen and oxygen atoms in total. The summed E-state index contributed by atoms with van der Waals surface area (Å²) in [4.78, 5) is 23.3. The number of ketones is 2.